The van der Waals surface area contributed by atoms with Gasteiger partial charge in [0, 0.05) is 25.2 Å². The molecule has 6 N–H and O–H groups in total. The topological polar surface area (TPSA) is 139 Å². The first-order valence-electron chi connectivity index (χ1n) is 14.7. The van der Waals surface area contributed by atoms with Crippen molar-refractivity contribution in [3.8, 4) is 0 Å². The Hall–Kier alpha value is -3.25. The second-order valence-corrected chi connectivity index (χ2v) is 11.4. The van der Waals surface area contributed by atoms with Gasteiger partial charge in [0.15, 0.2) is 0 Å². The van der Waals surface area contributed by atoms with Crippen molar-refractivity contribution in [1.82, 2.24) is 10.2 Å². The van der Waals surface area contributed by atoms with E-state index in [0.717, 1.165) is 12.5 Å². The van der Waals surface area contributed by atoms with Crippen LogP contribution in [0.1, 0.15) is 71.4 Å². The Morgan fingerprint density at radius 2 is 1.70 bits per heavy atom. The molecule has 0 spiro atoms. The molecule has 0 saturated carbocycles. The monoisotopic (exact) mass is 612 g/mol. The number of carboxylic acid groups (broad SMARTS) is 1. The van der Waals surface area contributed by atoms with Crippen LogP contribution in [0.4, 0.5) is 17.6 Å². The van der Waals surface area contributed by atoms with Gasteiger partial charge in [-0.1, -0.05) is 34.6 Å². The smallest absolute Gasteiger partial charge is 0.416 e. The van der Waals surface area contributed by atoms with Crippen LogP contribution in [0.3, 0.4) is 0 Å². The van der Waals surface area contributed by atoms with Gasteiger partial charge in [0.25, 0.3) is 5.91 Å². The molecule has 0 bridgehead atoms. The highest BCUT2D eigenvalue weighted by Crippen LogP contribution is 2.48. The van der Waals surface area contributed by atoms with Gasteiger partial charge in [-0.3, -0.25) is 9.59 Å². The first kappa shape index (κ1) is 35.9. The molecule has 8 nitrogen and oxygen atoms in total. The van der Waals surface area contributed by atoms with Gasteiger partial charge in [-0.05, 0) is 79.5 Å². The quantitative estimate of drug-likeness (QED) is 0.170. The Bertz CT molecular complexity index is 1240. The highest BCUT2D eigenvalue weighted by Gasteiger charge is 2.56. The number of rotatable bonds is 15. The van der Waals surface area contributed by atoms with E-state index >= 15 is 0 Å². The van der Waals surface area contributed by atoms with Crippen LogP contribution in [0.5, 0.6) is 0 Å². The van der Waals surface area contributed by atoms with Crippen LogP contribution < -0.4 is 16.8 Å². The lowest BCUT2D eigenvalue weighted by Crippen LogP contribution is -2.61. The SMILES string of the molecule is CCCN(CCC)C(=O)C1=C([C@@H](CC)CNCCC(C)C)C(C(N)=O)(c2cc(F)cc(C(F)(F)F)c2)[C@H](N)C(C(=O)O)=C1. The van der Waals surface area contributed by atoms with Crippen molar-refractivity contribution in [2.45, 2.75) is 77.9 Å². The molecular weight excluding hydrogens is 568 g/mol. The van der Waals surface area contributed by atoms with E-state index in [2.05, 4.69) is 5.32 Å². The van der Waals surface area contributed by atoms with Gasteiger partial charge in [-0.2, -0.15) is 13.2 Å². The van der Waals surface area contributed by atoms with Crippen LogP contribution in [0.2, 0.25) is 0 Å². The summed E-state index contributed by atoms with van der Waals surface area (Å²) in [5, 5.41) is 13.4. The second kappa shape index (κ2) is 15.0. The van der Waals surface area contributed by atoms with Gasteiger partial charge < -0.3 is 26.8 Å². The van der Waals surface area contributed by atoms with Crippen LogP contribution in [0.25, 0.3) is 0 Å². The molecule has 43 heavy (non-hydrogen) atoms. The third kappa shape index (κ3) is 7.83. The molecule has 0 heterocycles. The molecule has 240 valence electrons. The molecule has 1 aliphatic carbocycles. The molecule has 12 heteroatoms. The minimum atomic E-state index is -5.01. The van der Waals surface area contributed by atoms with E-state index in [-0.39, 0.29) is 30.2 Å². The number of nitrogens with two attached hydrogens (primary N) is 2. The predicted octanol–water partition coefficient (Wildman–Crippen LogP) is 4.53. The van der Waals surface area contributed by atoms with Crippen LogP contribution in [0, 0.1) is 17.7 Å². The van der Waals surface area contributed by atoms with E-state index < -0.39 is 63.9 Å². The molecule has 1 aliphatic rings. The summed E-state index contributed by atoms with van der Waals surface area (Å²) in [5.74, 6) is -5.15. The Balaban J connectivity index is 3.11. The normalized spacial score (nSPS) is 19.8. The number of carbonyl (C=O) groups is 3. The first-order valence-corrected chi connectivity index (χ1v) is 14.7. The zero-order valence-electron chi connectivity index (χ0n) is 25.5. The number of carbonyl (C=O) groups excluding carboxylic acids is 2. The average molecular weight is 613 g/mol. The lowest BCUT2D eigenvalue weighted by molar-refractivity contribution is -0.138. The molecule has 0 aromatic heterocycles. The number of nitrogens with one attached hydrogen (secondary N) is 1. The molecule has 1 unspecified atom stereocenters. The van der Waals surface area contributed by atoms with E-state index in [0.29, 0.717) is 50.5 Å². The van der Waals surface area contributed by atoms with Gasteiger partial charge in [0.1, 0.15) is 11.2 Å². The maximum Gasteiger partial charge on any atom is 0.416 e. The molecule has 0 saturated heterocycles. The van der Waals surface area contributed by atoms with Crippen molar-refractivity contribution in [3.05, 3.63) is 57.9 Å². The third-order valence-corrected chi connectivity index (χ3v) is 7.83. The Morgan fingerprint density at radius 1 is 1.09 bits per heavy atom. The predicted molar refractivity (Wildman–Crippen MR) is 156 cm³/mol. The summed E-state index contributed by atoms with van der Waals surface area (Å²) in [7, 11) is 0. The van der Waals surface area contributed by atoms with Crippen LogP contribution in [0.15, 0.2) is 41.0 Å². The molecule has 2 amide bonds. The molecule has 1 aromatic carbocycles. The number of benzene rings is 1. The van der Waals surface area contributed by atoms with Crippen molar-refractivity contribution in [2.24, 2.45) is 23.3 Å². The summed E-state index contributed by atoms with van der Waals surface area (Å²) in [6, 6.07) is -0.283. The number of halogens is 4. The Kier molecular flexibility index (Phi) is 12.5. The largest absolute Gasteiger partial charge is 0.478 e. The minimum Gasteiger partial charge on any atom is -0.478 e. The molecule has 1 aromatic rings. The minimum absolute atomic E-state index is 0.0158. The van der Waals surface area contributed by atoms with E-state index in [1.54, 1.807) is 6.92 Å². The fourth-order valence-corrected chi connectivity index (χ4v) is 5.74. The van der Waals surface area contributed by atoms with Crippen LogP contribution >= 0.6 is 0 Å². The first-order chi connectivity index (χ1) is 20.1. The number of amides is 2. The zero-order chi connectivity index (χ0) is 32.7. The Morgan fingerprint density at radius 3 is 2.16 bits per heavy atom. The van der Waals surface area contributed by atoms with Crippen molar-refractivity contribution >= 4 is 17.8 Å². The van der Waals surface area contributed by atoms with Gasteiger partial charge in [-0.25, -0.2) is 9.18 Å². The number of carboxylic acids is 1. The molecule has 0 aliphatic heterocycles. The summed E-state index contributed by atoms with van der Waals surface area (Å²) in [6.45, 7) is 10.9. The van der Waals surface area contributed by atoms with Crippen molar-refractivity contribution in [1.29, 1.82) is 0 Å². The van der Waals surface area contributed by atoms with Crippen molar-refractivity contribution in [2.75, 3.05) is 26.2 Å². The van der Waals surface area contributed by atoms with E-state index in [4.69, 9.17) is 11.5 Å². The average Bonchev–Trinajstić information content (AvgIpc) is 2.91. The lowest BCUT2D eigenvalue weighted by Gasteiger charge is -2.46. The fraction of sp³-hybridized carbons (Fsp3) is 0.581. The van der Waals surface area contributed by atoms with Crippen molar-refractivity contribution < 1.29 is 37.1 Å². The highest BCUT2D eigenvalue weighted by atomic mass is 19.4. The van der Waals surface area contributed by atoms with Gasteiger partial charge in [0.2, 0.25) is 5.91 Å². The number of nitrogens with zero attached hydrogens (tertiary/aromatic N) is 1. The number of alkyl halides is 3. The molecular formula is C31H44F4N4O4. The highest BCUT2D eigenvalue weighted by molar-refractivity contribution is 6.06. The van der Waals surface area contributed by atoms with E-state index in [9.17, 15) is 37.1 Å². The number of hydrogen-bond donors (Lipinski definition) is 4. The van der Waals surface area contributed by atoms with Crippen LogP contribution in [-0.4, -0.2) is 60.0 Å². The second-order valence-electron chi connectivity index (χ2n) is 11.4. The number of hydrogen-bond acceptors (Lipinski definition) is 5. The maximum absolute atomic E-state index is 14.9. The van der Waals surface area contributed by atoms with Gasteiger partial charge >= 0.3 is 12.1 Å². The number of aliphatic carboxylic acids is 1. The molecule has 0 fully saturated rings. The maximum atomic E-state index is 14.9. The number of primary amides is 1. The summed E-state index contributed by atoms with van der Waals surface area (Å²) < 4.78 is 56.7. The lowest BCUT2D eigenvalue weighted by atomic mass is 9.58. The van der Waals surface area contributed by atoms with Gasteiger partial charge in [-0.15, -0.1) is 0 Å². The standard InChI is InChI=1S/C31H44F4N4O4/c1-6-11-39(12-7-2)27(40)23-16-24(28(41)42)26(36)30(29(37)43,20-13-21(31(33,34)35)15-22(32)14-20)25(23)19(8-3)17-38-10-9-18(4)5/h13-16,18-19,26,38H,6-12,17,36H2,1-5H3,(H2,37,43)(H,41,42)/t19-,26+,30?/m0/s1. The summed E-state index contributed by atoms with van der Waals surface area (Å²) in [4.78, 5) is 41.9. The molecule has 0 radical (unpaired) electrons. The molecule has 3 atom stereocenters. The zero-order valence-corrected chi connectivity index (χ0v) is 25.5. The molecule has 2 rings (SSSR count). The van der Waals surface area contributed by atoms with E-state index in [1.807, 2.05) is 27.7 Å². The van der Waals surface area contributed by atoms with Gasteiger partial charge in [0.05, 0.1) is 17.2 Å². The summed E-state index contributed by atoms with van der Waals surface area (Å²) >= 11 is 0. The Labute approximate surface area is 250 Å². The third-order valence-electron chi connectivity index (χ3n) is 7.83. The summed E-state index contributed by atoms with van der Waals surface area (Å²) in [5.41, 5.74) is 7.25. The fourth-order valence-electron chi connectivity index (χ4n) is 5.74. The van der Waals surface area contributed by atoms with Crippen LogP contribution in [-0.2, 0) is 26.0 Å². The van der Waals surface area contributed by atoms with Crippen molar-refractivity contribution in [3.63, 3.8) is 0 Å². The summed E-state index contributed by atoms with van der Waals surface area (Å²) in [6.07, 6.45) is -1.70. The van der Waals surface area contributed by atoms with E-state index in [1.165, 1.54) is 4.90 Å².